The number of hydrogen-bond acceptors (Lipinski definition) is 2. The van der Waals surface area contributed by atoms with Crippen molar-refractivity contribution < 1.29 is 9.90 Å². The minimum Gasteiger partial charge on any atom is -0.481 e. The third-order valence-electron chi connectivity index (χ3n) is 3.80. The van der Waals surface area contributed by atoms with Gasteiger partial charge in [-0.3, -0.25) is 4.79 Å². The first kappa shape index (κ1) is 17.5. The topological polar surface area (TPSA) is 40.5 Å². The molecule has 0 aliphatic rings. The van der Waals surface area contributed by atoms with E-state index in [2.05, 4.69) is 49.9 Å². The number of hydrogen-bond donors (Lipinski definition) is 1. The first-order chi connectivity index (χ1) is 10.0. The number of anilines is 1. The van der Waals surface area contributed by atoms with Crippen LogP contribution in [0.4, 0.5) is 5.69 Å². The van der Waals surface area contributed by atoms with Gasteiger partial charge in [-0.25, -0.2) is 0 Å². The molecule has 1 N–H and O–H groups in total. The Morgan fingerprint density at radius 2 is 1.76 bits per heavy atom. The van der Waals surface area contributed by atoms with Crippen LogP contribution in [0.2, 0.25) is 0 Å². The van der Waals surface area contributed by atoms with Crippen molar-refractivity contribution in [1.29, 1.82) is 0 Å². The Hall–Kier alpha value is -1.51. The second kappa shape index (κ2) is 9.43. The van der Waals surface area contributed by atoms with E-state index in [9.17, 15) is 4.79 Å². The lowest BCUT2D eigenvalue weighted by Crippen LogP contribution is -2.27. The maximum atomic E-state index is 10.8. The fourth-order valence-corrected chi connectivity index (χ4v) is 2.40. The average molecular weight is 291 g/mol. The predicted octanol–water partition coefficient (Wildman–Crippen LogP) is 4.67. The molecule has 0 unspecified atom stereocenters. The number of rotatable bonds is 10. The molecular formula is C18H29NO2. The van der Waals surface area contributed by atoms with E-state index < -0.39 is 5.97 Å². The van der Waals surface area contributed by atoms with E-state index >= 15 is 0 Å². The Morgan fingerprint density at radius 1 is 1.10 bits per heavy atom. The highest BCUT2D eigenvalue weighted by molar-refractivity contribution is 5.67. The lowest BCUT2D eigenvalue weighted by molar-refractivity contribution is -0.136. The molecule has 3 nitrogen and oxygen atoms in total. The fourth-order valence-electron chi connectivity index (χ4n) is 2.40. The number of carboxylic acid groups (broad SMARTS) is 1. The van der Waals surface area contributed by atoms with Crippen molar-refractivity contribution in [2.75, 3.05) is 18.0 Å². The molecule has 0 radical (unpaired) electrons. The summed E-state index contributed by atoms with van der Waals surface area (Å²) in [4.78, 5) is 13.0. The summed E-state index contributed by atoms with van der Waals surface area (Å²) in [6.45, 7) is 8.09. The summed E-state index contributed by atoms with van der Waals surface area (Å²) in [7, 11) is 0. The van der Waals surface area contributed by atoms with Crippen LogP contribution in [-0.2, 0) is 4.79 Å². The van der Waals surface area contributed by atoms with E-state index in [1.165, 1.54) is 24.8 Å². The molecule has 0 heterocycles. The number of nitrogens with zero attached hydrogens (tertiary/aromatic N) is 1. The van der Waals surface area contributed by atoms with Gasteiger partial charge in [-0.05, 0) is 30.0 Å². The monoisotopic (exact) mass is 291 g/mol. The van der Waals surface area contributed by atoms with E-state index in [0.717, 1.165) is 18.7 Å². The van der Waals surface area contributed by atoms with Crippen molar-refractivity contribution in [1.82, 2.24) is 0 Å². The van der Waals surface area contributed by atoms with Gasteiger partial charge >= 0.3 is 5.97 Å². The molecule has 0 amide bonds. The van der Waals surface area contributed by atoms with Gasteiger partial charge in [0.1, 0.15) is 0 Å². The molecule has 0 bridgehead atoms. The number of aliphatic carboxylic acids is 1. The Bertz CT molecular complexity index is 412. The van der Waals surface area contributed by atoms with Crippen LogP contribution < -0.4 is 4.90 Å². The molecule has 1 aromatic carbocycles. The molecular weight excluding hydrogens is 262 g/mol. The molecule has 118 valence electrons. The van der Waals surface area contributed by atoms with Crippen LogP contribution in [0.5, 0.6) is 0 Å². The number of carbonyl (C=O) groups is 1. The Kier molecular flexibility index (Phi) is 7.88. The summed E-state index contributed by atoms with van der Waals surface area (Å²) in [5, 5.41) is 8.91. The van der Waals surface area contributed by atoms with Crippen molar-refractivity contribution >= 4 is 11.7 Å². The van der Waals surface area contributed by atoms with Gasteiger partial charge in [0, 0.05) is 18.8 Å². The maximum absolute atomic E-state index is 10.8. The Morgan fingerprint density at radius 3 is 2.29 bits per heavy atom. The molecule has 1 rings (SSSR count). The van der Waals surface area contributed by atoms with Crippen molar-refractivity contribution in [3.05, 3.63) is 29.8 Å². The lowest BCUT2D eigenvalue weighted by Gasteiger charge is -2.24. The minimum absolute atomic E-state index is 0.194. The van der Waals surface area contributed by atoms with E-state index in [1.54, 1.807) is 0 Å². The standard InChI is InChI=1S/C18H29NO2/c1-4-5-6-7-13-19(14-12-18(20)21)17-10-8-16(9-11-17)15(2)3/h8-11,15H,4-7,12-14H2,1-3H3,(H,20,21). The average Bonchev–Trinajstić information content (AvgIpc) is 2.46. The SMILES string of the molecule is CCCCCCN(CCC(=O)O)c1ccc(C(C)C)cc1. The Balaban J connectivity index is 2.66. The molecule has 0 aromatic heterocycles. The van der Waals surface area contributed by atoms with Crippen molar-refractivity contribution in [2.45, 2.75) is 58.8 Å². The molecule has 1 aromatic rings. The van der Waals surface area contributed by atoms with Crippen LogP contribution in [0.25, 0.3) is 0 Å². The summed E-state index contributed by atoms with van der Waals surface area (Å²) >= 11 is 0. The zero-order chi connectivity index (χ0) is 15.7. The molecule has 0 saturated carbocycles. The molecule has 0 atom stereocenters. The second-order valence-electron chi connectivity index (χ2n) is 5.94. The first-order valence-electron chi connectivity index (χ1n) is 8.11. The molecule has 0 fully saturated rings. The quantitative estimate of drug-likeness (QED) is 0.637. The number of carboxylic acids is 1. The summed E-state index contributed by atoms with van der Waals surface area (Å²) in [6, 6.07) is 8.55. The lowest BCUT2D eigenvalue weighted by atomic mass is 10.0. The van der Waals surface area contributed by atoms with Gasteiger partial charge in [0.15, 0.2) is 0 Å². The van der Waals surface area contributed by atoms with Gasteiger partial charge < -0.3 is 10.0 Å². The van der Waals surface area contributed by atoms with Gasteiger partial charge in [-0.1, -0.05) is 52.2 Å². The third-order valence-corrected chi connectivity index (χ3v) is 3.80. The van der Waals surface area contributed by atoms with Gasteiger partial charge in [0.2, 0.25) is 0 Å². The van der Waals surface area contributed by atoms with Gasteiger partial charge in [-0.15, -0.1) is 0 Å². The highest BCUT2D eigenvalue weighted by atomic mass is 16.4. The van der Waals surface area contributed by atoms with Crippen LogP contribution in [0.3, 0.4) is 0 Å². The molecule has 21 heavy (non-hydrogen) atoms. The Labute approximate surface area is 129 Å². The second-order valence-corrected chi connectivity index (χ2v) is 5.94. The third kappa shape index (κ3) is 6.65. The minimum atomic E-state index is -0.729. The molecule has 0 saturated heterocycles. The maximum Gasteiger partial charge on any atom is 0.305 e. The first-order valence-corrected chi connectivity index (χ1v) is 8.11. The van der Waals surface area contributed by atoms with Crippen molar-refractivity contribution in [3.63, 3.8) is 0 Å². The van der Waals surface area contributed by atoms with E-state index in [0.29, 0.717) is 12.5 Å². The largest absolute Gasteiger partial charge is 0.481 e. The van der Waals surface area contributed by atoms with Crippen molar-refractivity contribution in [2.24, 2.45) is 0 Å². The summed E-state index contributed by atoms with van der Waals surface area (Å²) in [5.41, 5.74) is 2.46. The smallest absolute Gasteiger partial charge is 0.305 e. The summed E-state index contributed by atoms with van der Waals surface area (Å²) < 4.78 is 0. The summed E-state index contributed by atoms with van der Waals surface area (Å²) in [6.07, 6.45) is 5.00. The van der Waals surface area contributed by atoms with E-state index in [4.69, 9.17) is 5.11 Å². The van der Waals surface area contributed by atoms with Gasteiger partial charge in [-0.2, -0.15) is 0 Å². The zero-order valence-corrected chi connectivity index (χ0v) is 13.6. The predicted molar refractivity (Wildman–Crippen MR) is 89.1 cm³/mol. The highest BCUT2D eigenvalue weighted by Gasteiger charge is 2.09. The van der Waals surface area contributed by atoms with Crippen LogP contribution in [0.15, 0.2) is 24.3 Å². The van der Waals surface area contributed by atoms with Crippen molar-refractivity contribution in [3.8, 4) is 0 Å². The van der Waals surface area contributed by atoms with Gasteiger partial charge in [0.25, 0.3) is 0 Å². The van der Waals surface area contributed by atoms with Gasteiger partial charge in [0.05, 0.1) is 6.42 Å². The molecule has 0 aliphatic heterocycles. The number of benzene rings is 1. The van der Waals surface area contributed by atoms with Crippen LogP contribution in [0, 0.1) is 0 Å². The van der Waals surface area contributed by atoms with E-state index in [1.807, 2.05) is 0 Å². The zero-order valence-electron chi connectivity index (χ0n) is 13.6. The normalized spacial score (nSPS) is 10.9. The molecule has 0 spiro atoms. The fraction of sp³-hybridized carbons (Fsp3) is 0.611. The number of unbranched alkanes of at least 4 members (excludes halogenated alkanes) is 3. The highest BCUT2D eigenvalue weighted by Crippen LogP contribution is 2.21. The summed E-state index contributed by atoms with van der Waals surface area (Å²) in [5.74, 6) is -0.205. The van der Waals surface area contributed by atoms with E-state index in [-0.39, 0.29) is 6.42 Å². The van der Waals surface area contributed by atoms with Crippen LogP contribution in [-0.4, -0.2) is 24.2 Å². The molecule has 3 heteroatoms. The van der Waals surface area contributed by atoms with Crippen LogP contribution >= 0.6 is 0 Å². The van der Waals surface area contributed by atoms with Crippen LogP contribution in [0.1, 0.15) is 64.4 Å². The molecule has 0 aliphatic carbocycles.